The second kappa shape index (κ2) is 10.3. The first kappa shape index (κ1) is 23.7. The van der Waals surface area contributed by atoms with Gasteiger partial charge in [-0.2, -0.15) is 0 Å². The molecule has 0 bridgehead atoms. The van der Waals surface area contributed by atoms with Gasteiger partial charge >= 0.3 is 0 Å². The maximum Gasteiger partial charge on any atom is 0.255 e. The molecule has 3 N–H and O–H groups in total. The lowest BCUT2D eigenvalue weighted by atomic mass is 10.0. The van der Waals surface area contributed by atoms with Gasteiger partial charge < -0.3 is 30.2 Å². The van der Waals surface area contributed by atoms with Crippen molar-refractivity contribution in [1.82, 2.24) is 20.2 Å². The van der Waals surface area contributed by atoms with Crippen molar-refractivity contribution in [3.8, 4) is 11.1 Å². The predicted molar refractivity (Wildman–Crippen MR) is 147 cm³/mol. The number of likely N-dealkylation sites (N-methyl/N-ethyl adjacent to an activating group) is 1. The van der Waals surface area contributed by atoms with E-state index in [0.29, 0.717) is 12.2 Å². The molecule has 37 heavy (non-hydrogen) atoms. The Hall–Kier alpha value is -3.72. The molecule has 2 saturated heterocycles. The molecule has 1 unspecified atom stereocenters. The number of morpholine rings is 1. The smallest absolute Gasteiger partial charge is 0.255 e. The summed E-state index contributed by atoms with van der Waals surface area (Å²) in [5.74, 6) is -0.127. The Bertz CT molecular complexity index is 1370. The summed E-state index contributed by atoms with van der Waals surface area (Å²) in [6.07, 6.45) is 3.86. The van der Waals surface area contributed by atoms with Gasteiger partial charge in [-0.25, -0.2) is 0 Å². The van der Waals surface area contributed by atoms with Crippen LogP contribution in [0.25, 0.3) is 22.0 Å². The SMILES string of the molecule is CN1CCN(c2ccc(NC(=O)c3ccc4c(-c5ccc(C6CNCCO6)nc5)c[nH]c4c3)cc2)CC1. The number of rotatable bonds is 5. The molecule has 0 spiro atoms. The third kappa shape index (κ3) is 5.09. The Kier molecular flexibility index (Phi) is 6.61. The maximum atomic E-state index is 13.0. The van der Waals surface area contributed by atoms with Crippen LogP contribution in [0.1, 0.15) is 22.2 Å². The molecular weight excluding hydrogens is 464 g/mol. The molecule has 0 saturated carbocycles. The molecular formula is C29H32N6O2. The number of carbonyl (C=O) groups is 1. The lowest BCUT2D eigenvalue weighted by molar-refractivity contribution is 0.0250. The van der Waals surface area contributed by atoms with Gasteiger partial charge in [-0.1, -0.05) is 12.1 Å². The van der Waals surface area contributed by atoms with E-state index < -0.39 is 0 Å². The monoisotopic (exact) mass is 496 g/mol. The van der Waals surface area contributed by atoms with Crippen molar-refractivity contribution in [2.45, 2.75) is 6.10 Å². The summed E-state index contributed by atoms with van der Waals surface area (Å²) in [4.78, 5) is 25.7. The molecule has 0 aliphatic carbocycles. The van der Waals surface area contributed by atoms with Gasteiger partial charge in [0.15, 0.2) is 0 Å². The standard InChI is InChI=1S/C29H32N6O2/c1-34-11-13-35(14-12-34)23-6-4-22(5-7-23)33-29(36)20-2-8-24-25(18-32-27(24)16-20)21-3-9-26(31-17-21)28-19-30-10-15-37-28/h2-9,16-18,28,30,32H,10-15,19H2,1H3,(H,33,36). The highest BCUT2D eigenvalue weighted by Crippen LogP contribution is 2.30. The number of pyridine rings is 1. The van der Waals surface area contributed by atoms with Crippen molar-refractivity contribution >= 4 is 28.2 Å². The van der Waals surface area contributed by atoms with Crippen molar-refractivity contribution in [2.24, 2.45) is 0 Å². The quantitative estimate of drug-likeness (QED) is 0.389. The van der Waals surface area contributed by atoms with Gasteiger partial charge in [-0.05, 0) is 49.5 Å². The summed E-state index contributed by atoms with van der Waals surface area (Å²) in [6.45, 7) is 6.54. The molecule has 8 heteroatoms. The van der Waals surface area contributed by atoms with Gasteiger partial charge in [0.1, 0.15) is 6.10 Å². The Morgan fingerprint density at radius 1 is 1.05 bits per heavy atom. The van der Waals surface area contributed by atoms with E-state index in [1.165, 1.54) is 5.69 Å². The number of fused-ring (bicyclic) bond motifs is 1. The Labute approximate surface area is 216 Å². The van der Waals surface area contributed by atoms with E-state index >= 15 is 0 Å². The fraction of sp³-hybridized carbons (Fsp3) is 0.310. The maximum absolute atomic E-state index is 13.0. The van der Waals surface area contributed by atoms with E-state index in [2.05, 4.69) is 55.6 Å². The highest BCUT2D eigenvalue weighted by Gasteiger charge is 2.18. The van der Waals surface area contributed by atoms with Crippen LogP contribution in [0.3, 0.4) is 0 Å². The molecule has 190 valence electrons. The largest absolute Gasteiger partial charge is 0.369 e. The number of hydrogen-bond donors (Lipinski definition) is 3. The molecule has 6 rings (SSSR count). The Morgan fingerprint density at radius 2 is 1.89 bits per heavy atom. The molecule has 0 radical (unpaired) electrons. The summed E-state index contributed by atoms with van der Waals surface area (Å²) in [5, 5.41) is 7.42. The van der Waals surface area contributed by atoms with Gasteiger partial charge in [0.05, 0.1) is 12.3 Å². The van der Waals surface area contributed by atoms with E-state index in [0.717, 1.165) is 72.7 Å². The molecule has 2 aromatic carbocycles. The highest BCUT2D eigenvalue weighted by molar-refractivity contribution is 6.07. The van der Waals surface area contributed by atoms with Crippen LogP contribution in [-0.4, -0.2) is 73.7 Å². The zero-order valence-electron chi connectivity index (χ0n) is 21.0. The fourth-order valence-electron chi connectivity index (χ4n) is 5.04. The number of nitrogens with one attached hydrogen (secondary N) is 3. The topological polar surface area (TPSA) is 85.5 Å². The van der Waals surface area contributed by atoms with Crippen LogP contribution in [0, 0.1) is 0 Å². The third-order valence-electron chi connectivity index (χ3n) is 7.29. The summed E-state index contributed by atoms with van der Waals surface area (Å²) in [7, 11) is 2.15. The first-order chi connectivity index (χ1) is 18.1. The number of benzene rings is 2. The van der Waals surface area contributed by atoms with E-state index in [9.17, 15) is 4.79 Å². The number of nitrogens with zero attached hydrogens (tertiary/aromatic N) is 3. The van der Waals surface area contributed by atoms with Crippen LogP contribution in [0.15, 0.2) is 67.0 Å². The third-order valence-corrected chi connectivity index (χ3v) is 7.29. The Balaban J connectivity index is 1.14. The predicted octanol–water partition coefficient (Wildman–Crippen LogP) is 3.89. The van der Waals surface area contributed by atoms with Crippen LogP contribution in [-0.2, 0) is 4.74 Å². The average Bonchev–Trinajstić information content (AvgIpc) is 3.38. The summed E-state index contributed by atoms with van der Waals surface area (Å²) in [5.41, 5.74) is 6.53. The number of aromatic amines is 1. The first-order valence-corrected chi connectivity index (χ1v) is 12.9. The summed E-state index contributed by atoms with van der Waals surface area (Å²) in [6, 6.07) is 18.0. The molecule has 1 amide bonds. The highest BCUT2D eigenvalue weighted by atomic mass is 16.5. The molecule has 2 fully saturated rings. The van der Waals surface area contributed by atoms with Crippen molar-refractivity contribution < 1.29 is 9.53 Å². The van der Waals surface area contributed by atoms with Crippen molar-refractivity contribution in [3.05, 3.63) is 78.2 Å². The number of piperazine rings is 1. The number of carbonyl (C=O) groups excluding carboxylic acids is 1. The van der Waals surface area contributed by atoms with Crippen molar-refractivity contribution in [2.75, 3.05) is 63.1 Å². The first-order valence-electron chi connectivity index (χ1n) is 12.9. The van der Waals surface area contributed by atoms with Crippen molar-refractivity contribution in [1.29, 1.82) is 0 Å². The van der Waals surface area contributed by atoms with Gasteiger partial charge in [-0.3, -0.25) is 9.78 Å². The second-order valence-corrected chi connectivity index (χ2v) is 9.79. The van der Waals surface area contributed by atoms with E-state index in [4.69, 9.17) is 4.74 Å². The van der Waals surface area contributed by atoms with Crippen LogP contribution in [0.4, 0.5) is 11.4 Å². The molecule has 4 heterocycles. The zero-order valence-corrected chi connectivity index (χ0v) is 21.0. The van der Waals surface area contributed by atoms with Crippen LogP contribution in [0.5, 0.6) is 0 Å². The average molecular weight is 497 g/mol. The molecule has 8 nitrogen and oxygen atoms in total. The number of ether oxygens (including phenoxy) is 1. The molecule has 1 atom stereocenters. The van der Waals surface area contributed by atoms with Crippen LogP contribution in [0.2, 0.25) is 0 Å². The lowest BCUT2D eigenvalue weighted by Crippen LogP contribution is -2.44. The van der Waals surface area contributed by atoms with E-state index in [-0.39, 0.29) is 12.0 Å². The van der Waals surface area contributed by atoms with E-state index in [1.807, 2.05) is 48.8 Å². The summed E-state index contributed by atoms with van der Waals surface area (Å²) >= 11 is 0. The van der Waals surface area contributed by atoms with Crippen LogP contribution >= 0.6 is 0 Å². The van der Waals surface area contributed by atoms with E-state index in [1.54, 1.807) is 0 Å². The molecule has 2 aliphatic rings. The minimum atomic E-state index is -0.127. The number of aromatic nitrogens is 2. The number of H-pyrrole nitrogens is 1. The van der Waals surface area contributed by atoms with Gasteiger partial charge in [0.25, 0.3) is 5.91 Å². The minimum Gasteiger partial charge on any atom is -0.369 e. The lowest BCUT2D eigenvalue weighted by Gasteiger charge is -2.34. The minimum absolute atomic E-state index is 0.00479. The van der Waals surface area contributed by atoms with Gasteiger partial charge in [-0.15, -0.1) is 0 Å². The molecule has 2 aromatic heterocycles. The zero-order chi connectivity index (χ0) is 25.2. The van der Waals surface area contributed by atoms with Crippen LogP contribution < -0.4 is 15.5 Å². The van der Waals surface area contributed by atoms with Gasteiger partial charge in [0.2, 0.25) is 0 Å². The number of anilines is 2. The molecule has 2 aliphatic heterocycles. The Morgan fingerprint density at radius 3 is 2.62 bits per heavy atom. The fourth-order valence-corrected chi connectivity index (χ4v) is 5.04. The normalized spacial score (nSPS) is 18.7. The van der Waals surface area contributed by atoms with Crippen molar-refractivity contribution in [3.63, 3.8) is 0 Å². The molecule has 4 aromatic rings. The summed E-state index contributed by atoms with van der Waals surface area (Å²) < 4.78 is 5.81. The number of amides is 1. The second-order valence-electron chi connectivity index (χ2n) is 9.79. The number of hydrogen-bond acceptors (Lipinski definition) is 6. The van der Waals surface area contributed by atoms with Gasteiger partial charge in [0, 0.05) is 90.6 Å².